The maximum absolute atomic E-state index is 13.3. The summed E-state index contributed by atoms with van der Waals surface area (Å²) in [6.45, 7) is 12.3. The van der Waals surface area contributed by atoms with Crippen LogP contribution < -0.4 is 5.32 Å². The average molecular weight is 492 g/mol. The highest BCUT2D eigenvalue weighted by Gasteiger charge is 2.33. The molecule has 4 rings (SSSR count). The van der Waals surface area contributed by atoms with Gasteiger partial charge in [-0.05, 0) is 44.0 Å². The fourth-order valence-corrected chi connectivity index (χ4v) is 6.37. The van der Waals surface area contributed by atoms with Gasteiger partial charge in [-0.25, -0.2) is 13.1 Å². The molecule has 0 unspecified atom stereocenters. The molecule has 34 heavy (non-hydrogen) atoms. The van der Waals surface area contributed by atoms with Crippen LogP contribution in [0.25, 0.3) is 11.0 Å². The van der Waals surface area contributed by atoms with Crippen molar-refractivity contribution in [3.05, 3.63) is 18.2 Å². The highest BCUT2D eigenvalue weighted by molar-refractivity contribution is 7.89. The van der Waals surface area contributed by atoms with Gasteiger partial charge >= 0.3 is 0 Å². The Bertz CT molecular complexity index is 1080. The van der Waals surface area contributed by atoms with E-state index < -0.39 is 10.0 Å². The Morgan fingerprint density at radius 2 is 1.85 bits per heavy atom. The number of carbonyl (C=O) groups excluding carboxylic acids is 1. The van der Waals surface area contributed by atoms with Crippen molar-refractivity contribution in [3.63, 3.8) is 0 Å². The molecule has 0 aliphatic carbocycles. The van der Waals surface area contributed by atoms with E-state index in [0.717, 1.165) is 57.8 Å². The van der Waals surface area contributed by atoms with Gasteiger partial charge in [-0.3, -0.25) is 9.69 Å². The molecule has 1 aromatic heterocycles. The monoisotopic (exact) mass is 491 g/mol. The van der Waals surface area contributed by atoms with Gasteiger partial charge < -0.3 is 10.2 Å². The number of amides is 1. The van der Waals surface area contributed by atoms with E-state index in [1.54, 1.807) is 22.9 Å². The lowest BCUT2D eigenvalue weighted by Crippen LogP contribution is -2.49. The number of aryl methyl sites for hydroxylation is 1. The number of piperidine rings is 1. The van der Waals surface area contributed by atoms with Crippen LogP contribution >= 0.6 is 0 Å². The standard InChI is InChI=1S/C23H37N7O3S/c1-3-10-30-22-8-7-20(17-21(22)25-26-30)34(32,33)29-11-5-6-19(18-29)23(31)24-9-12-28-15-13-27(4-2)14-16-28/h7-8,17,19H,3-6,9-16,18H2,1-2H3,(H,24,31)/t19-/m1/s1. The number of piperazine rings is 1. The van der Waals surface area contributed by atoms with Gasteiger partial charge in [-0.2, -0.15) is 4.31 Å². The molecule has 1 atom stereocenters. The summed E-state index contributed by atoms with van der Waals surface area (Å²) in [5.41, 5.74) is 1.40. The number of aromatic nitrogens is 3. The number of hydrogen-bond donors (Lipinski definition) is 1. The second-order valence-corrected chi connectivity index (χ2v) is 11.2. The number of benzene rings is 1. The molecule has 11 heteroatoms. The summed E-state index contributed by atoms with van der Waals surface area (Å²) >= 11 is 0. The molecule has 1 amide bonds. The molecule has 2 aliphatic rings. The summed E-state index contributed by atoms with van der Waals surface area (Å²) in [4.78, 5) is 17.8. The van der Waals surface area contributed by atoms with Crippen LogP contribution in [0.2, 0.25) is 0 Å². The summed E-state index contributed by atoms with van der Waals surface area (Å²) in [7, 11) is -3.70. The van der Waals surface area contributed by atoms with Gasteiger partial charge in [-0.1, -0.05) is 19.1 Å². The van der Waals surface area contributed by atoms with Gasteiger partial charge in [-0.15, -0.1) is 5.10 Å². The van der Waals surface area contributed by atoms with Crippen LogP contribution in [0, 0.1) is 5.92 Å². The van der Waals surface area contributed by atoms with Crippen molar-refractivity contribution in [3.8, 4) is 0 Å². The first-order chi connectivity index (χ1) is 16.4. The Labute approximate surface area is 202 Å². The number of nitrogens with one attached hydrogen (secondary N) is 1. The lowest BCUT2D eigenvalue weighted by Gasteiger charge is -2.34. The second kappa shape index (κ2) is 11.1. The number of nitrogens with zero attached hydrogens (tertiary/aromatic N) is 6. The topological polar surface area (TPSA) is 104 Å². The summed E-state index contributed by atoms with van der Waals surface area (Å²) in [5, 5.41) is 11.3. The van der Waals surface area contributed by atoms with Gasteiger partial charge in [0.1, 0.15) is 5.52 Å². The van der Waals surface area contributed by atoms with Crippen LogP contribution in [0.1, 0.15) is 33.1 Å². The first-order valence-electron chi connectivity index (χ1n) is 12.5. The molecule has 0 saturated carbocycles. The molecular formula is C23H37N7O3S. The summed E-state index contributed by atoms with van der Waals surface area (Å²) in [6.07, 6.45) is 2.30. The predicted octanol–water partition coefficient (Wildman–Crippen LogP) is 0.996. The highest BCUT2D eigenvalue weighted by Crippen LogP contribution is 2.26. The van der Waals surface area contributed by atoms with Gasteiger partial charge in [0.05, 0.1) is 16.3 Å². The Hall–Kier alpha value is -2.08. The third-order valence-electron chi connectivity index (χ3n) is 6.95. The van der Waals surface area contributed by atoms with Crippen LogP contribution in [0.15, 0.2) is 23.1 Å². The Morgan fingerprint density at radius 3 is 2.59 bits per heavy atom. The third-order valence-corrected chi connectivity index (χ3v) is 8.81. The number of carbonyl (C=O) groups is 1. The molecule has 0 radical (unpaired) electrons. The maximum Gasteiger partial charge on any atom is 0.243 e. The van der Waals surface area contributed by atoms with Crippen molar-refractivity contribution >= 4 is 27.0 Å². The second-order valence-electron chi connectivity index (χ2n) is 9.23. The van der Waals surface area contributed by atoms with Crippen molar-refractivity contribution < 1.29 is 13.2 Å². The van der Waals surface area contributed by atoms with E-state index in [1.807, 2.05) is 0 Å². The zero-order chi connectivity index (χ0) is 24.1. The van der Waals surface area contributed by atoms with Crippen LogP contribution in [0.4, 0.5) is 0 Å². The van der Waals surface area contributed by atoms with Crippen molar-refractivity contribution in [2.24, 2.45) is 5.92 Å². The molecule has 188 valence electrons. The average Bonchev–Trinajstić information content (AvgIpc) is 3.27. The Kier molecular flexibility index (Phi) is 8.18. The lowest BCUT2D eigenvalue weighted by atomic mass is 9.99. The zero-order valence-electron chi connectivity index (χ0n) is 20.3. The molecule has 1 aromatic carbocycles. The number of rotatable bonds is 9. The minimum Gasteiger partial charge on any atom is -0.355 e. The SMILES string of the molecule is CCCn1nnc2cc(S(=O)(=O)N3CCC[C@@H](C(=O)NCCN4CCN(CC)CC4)C3)ccc21. The molecule has 0 spiro atoms. The predicted molar refractivity (Wildman–Crippen MR) is 131 cm³/mol. The van der Waals surface area contributed by atoms with E-state index in [9.17, 15) is 13.2 Å². The minimum atomic E-state index is -3.70. The van der Waals surface area contributed by atoms with Crippen molar-refractivity contribution in [2.75, 3.05) is 58.9 Å². The smallest absolute Gasteiger partial charge is 0.243 e. The fourth-order valence-electron chi connectivity index (χ4n) is 4.82. The summed E-state index contributed by atoms with van der Waals surface area (Å²) in [5.74, 6) is -0.375. The summed E-state index contributed by atoms with van der Waals surface area (Å²) < 4.78 is 29.9. The molecule has 2 saturated heterocycles. The fraction of sp³-hybridized carbons (Fsp3) is 0.696. The van der Waals surface area contributed by atoms with Gasteiger partial charge in [0.2, 0.25) is 15.9 Å². The summed E-state index contributed by atoms with van der Waals surface area (Å²) in [6, 6.07) is 4.98. The minimum absolute atomic E-state index is 0.0509. The van der Waals surface area contributed by atoms with Crippen molar-refractivity contribution in [1.29, 1.82) is 0 Å². The molecule has 3 heterocycles. The Balaban J connectivity index is 1.33. The molecule has 2 aromatic rings. The van der Waals surface area contributed by atoms with Crippen LogP contribution in [-0.4, -0.2) is 102 Å². The molecule has 2 aliphatic heterocycles. The van der Waals surface area contributed by atoms with Gasteiger partial charge in [0.15, 0.2) is 0 Å². The first-order valence-corrected chi connectivity index (χ1v) is 13.9. The van der Waals surface area contributed by atoms with Crippen molar-refractivity contribution in [1.82, 2.24) is 34.4 Å². The maximum atomic E-state index is 13.3. The van der Waals surface area contributed by atoms with E-state index in [2.05, 4.69) is 39.3 Å². The van der Waals surface area contributed by atoms with Crippen LogP contribution in [0.3, 0.4) is 0 Å². The molecular weight excluding hydrogens is 454 g/mol. The number of sulfonamides is 1. The van der Waals surface area contributed by atoms with Gasteiger partial charge in [0, 0.05) is 58.9 Å². The molecule has 0 bridgehead atoms. The molecule has 10 nitrogen and oxygen atoms in total. The van der Waals surface area contributed by atoms with E-state index in [-0.39, 0.29) is 23.3 Å². The van der Waals surface area contributed by atoms with E-state index in [0.29, 0.717) is 31.4 Å². The zero-order valence-corrected chi connectivity index (χ0v) is 21.1. The molecule has 1 N–H and O–H groups in total. The lowest BCUT2D eigenvalue weighted by molar-refractivity contribution is -0.126. The number of hydrogen-bond acceptors (Lipinski definition) is 7. The number of fused-ring (bicyclic) bond motifs is 1. The van der Waals surface area contributed by atoms with Crippen LogP contribution in [-0.2, 0) is 21.4 Å². The largest absolute Gasteiger partial charge is 0.355 e. The van der Waals surface area contributed by atoms with Crippen LogP contribution in [0.5, 0.6) is 0 Å². The third kappa shape index (κ3) is 5.59. The quantitative estimate of drug-likeness (QED) is 0.558. The number of likely N-dealkylation sites (N-methyl/N-ethyl adjacent to an activating group) is 1. The Morgan fingerprint density at radius 1 is 1.09 bits per heavy atom. The first kappa shape index (κ1) is 25.0. The highest BCUT2D eigenvalue weighted by atomic mass is 32.2. The van der Waals surface area contributed by atoms with E-state index in [1.165, 1.54) is 4.31 Å². The van der Waals surface area contributed by atoms with E-state index >= 15 is 0 Å². The molecule has 2 fully saturated rings. The van der Waals surface area contributed by atoms with Gasteiger partial charge in [0.25, 0.3) is 0 Å². The van der Waals surface area contributed by atoms with E-state index in [4.69, 9.17) is 0 Å². The normalized spacial score (nSPS) is 21.2. The van der Waals surface area contributed by atoms with Crippen molar-refractivity contribution in [2.45, 2.75) is 44.6 Å².